The number of halogens is 1. The van der Waals surface area contributed by atoms with Crippen molar-refractivity contribution in [3.05, 3.63) is 60.0 Å². The number of aliphatic hydroxyl groups excluding tert-OH is 1. The summed E-state index contributed by atoms with van der Waals surface area (Å²) in [6.07, 6.45) is 2.64. The number of methoxy groups -OCH3 is 1. The number of aryl methyl sites for hydroxylation is 2. The predicted octanol–water partition coefficient (Wildman–Crippen LogP) is 3.32. The molecule has 2 aromatic carbocycles. The van der Waals surface area contributed by atoms with Gasteiger partial charge in [-0.2, -0.15) is 8.42 Å². The molecule has 0 aliphatic carbocycles. The van der Waals surface area contributed by atoms with E-state index in [0.717, 1.165) is 5.56 Å². The van der Waals surface area contributed by atoms with Gasteiger partial charge in [-0.3, -0.25) is 4.72 Å². The molecule has 0 bridgehead atoms. The topological polar surface area (TPSA) is 134 Å². The van der Waals surface area contributed by atoms with Crippen LogP contribution in [0, 0.1) is 0 Å². The Morgan fingerprint density at radius 1 is 1.05 bits per heavy atom. The molecule has 0 amide bonds. The molecule has 0 fully saturated rings. The number of para-hydroxylation sites is 2. The number of imidazole rings is 1. The largest absolute Gasteiger partial charge is 0.497 e. The number of hydrogen-bond donors (Lipinski definition) is 3. The summed E-state index contributed by atoms with van der Waals surface area (Å²) in [5.41, 5.74) is 2.71. The molecule has 4 rings (SSSR count). The Balaban J connectivity index is 0.00000400. The number of ether oxygens (including phenoxy) is 1. The van der Waals surface area contributed by atoms with Crippen molar-refractivity contribution in [2.24, 2.45) is 7.05 Å². The molecule has 3 N–H and O–H groups in total. The zero-order valence-corrected chi connectivity index (χ0v) is 23.3. The zero-order valence-electron chi connectivity index (χ0n) is 21.7. The van der Waals surface area contributed by atoms with E-state index in [-0.39, 0.29) is 35.7 Å². The molecule has 0 saturated carbocycles. The molecule has 0 saturated heterocycles. The molecule has 2 heterocycles. The average molecular weight is 562 g/mol. The first-order valence-electron chi connectivity index (χ1n) is 11.7. The zero-order chi connectivity index (χ0) is 26.6. The van der Waals surface area contributed by atoms with E-state index in [1.807, 2.05) is 43.3 Å². The summed E-state index contributed by atoms with van der Waals surface area (Å²) in [7, 11) is 3.02. The summed E-state index contributed by atoms with van der Waals surface area (Å²) < 4.78 is 36.4. The number of sulfonamides is 1. The Bertz CT molecular complexity index is 1510. The summed E-state index contributed by atoms with van der Waals surface area (Å²) in [5.74, 6) is 1.49. The van der Waals surface area contributed by atoms with Gasteiger partial charge in [-0.1, -0.05) is 18.2 Å². The van der Waals surface area contributed by atoms with Gasteiger partial charge in [0, 0.05) is 31.6 Å². The third-order valence-electron chi connectivity index (χ3n) is 5.66. The molecular formula is C25H32ClN7O4S. The number of fused-ring (bicyclic) bond motifs is 1. The highest BCUT2D eigenvalue weighted by atomic mass is 35.5. The molecule has 0 radical (unpaired) electrons. The average Bonchev–Trinajstić information content (AvgIpc) is 3.23. The third-order valence-corrected chi connectivity index (χ3v) is 6.87. The number of hydrogen-bond acceptors (Lipinski definition) is 9. The fraction of sp³-hybridized carbons (Fsp3) is 0.320. The molecule has 0 aliphatic heterocycles. The van der Waals surface area contributed by atoms with Gasteiger partial charge in [0.1, 0.15) is 11.6 Å². The second kappa shape index (κ2) is 12.4. The predicted molar refractivity (Wildman–Crippen MR) is 150 cm³/mol. The lowest BCUT2D eigenvalue weighted by Crippen LogP contribution is -2.17. The van der Waals surface area contributed by atoms with Crippen molar-refractivity contribution in [3.8, 4) is 5.75 Å². The first-order chi connectivity index (χ1) is 17.7. The maximum absolute atomic E-state index is 13.4. The van der Waals surface area contributed by atoms with E-state index < -0.39 is 10.0 Å². The lowest BCUT2D eigenvalue weighted by Gasteiger charge is -2.16. The van der Waals surface area contributed by atoms with Crippen LogP contribution in [0.1, 0.15) is 17.8 Å². The monoisotopic (exact) mass is 561 g/mol. The lowest BCUT2D eigenvalue weighted by molar-refractivity contribution is 0.288. The minimum atomic E-state index is -4.07. The summed E-state index contributed by atoms with van der Waals surface area (Å²) in [5, 5.41) is 12.4. The fourth-order valence-electron chi connectivity index (χ4n) is 3.79. The first-order valence-corrected chi connectivity index (χ1v) is 13.2. The van der Waals surface area contributed by atoms with Gasteiger partial charge in [-0.15, -0.1) is 12.4 Å². The molecule has 0 aliphatic rings. The lowest BCUT2D eigenvalue weighted by atomic mass is 10.1. The SMILES string of the molecule is COc1ccc(CCCO)c(Nc2nc3ccccc3nc2NS(=O)(=O)c2cn(C)c(CN(C)C)n2)c1.Cl. The van der Waals surface area contributed by atoms with Gasteiger partial charge in [-0.05, 0) is 50.7 Å². The number of nitrogens with one attached hydrogen (secondary N) is 2. The van der Waals surface area contributed by atoms with Crippen LogP contribution in [0.3, 0.4) is 0 Å². The molecular weight excluding hydrogens is 530 g/mol. The van der Waals surface area contributed by atoms with Crippen LogP contribution in [-0.4, -0.2) is 65.8 Å². The van der Waals surface area contributed by atoms with E-state index in [9.17, 15) is 13.5 Å². The van der Waals surface area contributed by atoms with Crippen molar-refractivity contribution < 1.29 is 18.3 Å². The van der Waals surface area contributed by atoms with Gasteiger partial charge >= 0.3 is 0 Å². The Morgan fingerprint density at radius 2 is 1.74 bits per heavy atom. The summed E-state index contributed by atoms with van der Waals surface area (Å²) in [6.45, 7) is 0.535. The van der Waals surface area contributed by atoms with Gasteiger partial charge in [0.05, 0.1) is 24.7 Å². The minimum Gasteiger partial charge on any atom is -0.497 e. The van der Waals surface area contributed by atoms with Crippen LogP contribution in [-0.2, 0) is 30.0 Å². The van der Waals surface area contributed by atoms with E-state index in [0.29, 0.717) is 47.7 Å². The van der Waals surface area contributed by atoms with Gasteiger partial charge < -0.3 is 24.6 Å². The molecule has 4 aromatic rings. The maximum Gasteiger partial charge on any atom is 0.282 e. The van der Waals surface area contributed by atoms with Crippen molar-refractivity contribution in [1.29, 1.82) is 0 Å². The van der Waals surface area contributed by atoms with E-state index >= 15 is 0 Å². The number of aliphatic hydroxyl groups is 1. The second-order valence-corrected chi connectivity index (χ2v) is 10.5. The smallest absolute Gasteiger partial charge is 0.282 e. The van der Waals surface area contributed by atoms with Crippen molar-refractivity contribution in [3.63, 3.8) is 0 Å². The quantitative estimate of drug-likeness (QED) is 0.252. The molecule has 11 nitrogen and oxygen atoms in total. The van der Waals surface area contributed by atoms with E-state index in [1.165, 1.54) is 6.20 Å². The second-order valence-electron chi connectivity index (χ2n) is 8.83. The van der Waals surface area contributed by atoms with Gasteiger partial charge in [0.25, 0.3) is 10.0 Å². The Morgan fingerprint density at radius 3 is 2.37 bits per heavy atom. The number of anilines is 3. The normalized spacial score (nSPS) is 11.4. The molecule has 204 valence electrons. The third kappa shape index (κ3) is 6.70. The summed E-state index contributed by atoms with van der Waals surface area (Å²) in [6, 6.07) is 12.7. The number of nitrogens with zero attached hydrogens (tertiary/aromatic N) is 5. The van der Waals surface area contributed by atoms with Crippen molar-refractivity contribution in [2.75, 3.05) is 37.9 Å². The van der Waals surface area contributed by atoms with E-state index in [2.05, 4.69) is 25.0 Å². The van der Waals surface area contributed by atoms with Crippen LogP contribution in [0.2, 0.25) is 0 Å². The Hall–Kier alpha value is -3.45. The van der Waals surface area contributed by atoms with E-state index in [1.54, 1.807) is 36.9 Å². The maximum atomic E-state index is 13.4. The van der Waals surface area contributed by atoms with Crippen molar-refractivity contribution in [2.45, 2.75) is 24.4 Å². The minimum absolute atomic E-state index is 0. The Kier molecular flexibility index (Phi) is 9.50. The van der Waals surface area contributed by atoms with Crippen LogP contribution < -0.4 is 14.8 Å². The van der Waals surface area contributed by atoms with Crippen LogP contribution in [0.4, 0.5) is 17.3 Å². The molecule has 0 spiro atoms. The van der Waals surface area contributed by atoms with Gasteiger partial charge in [0.15, 0.2) is 16.7 Å². The van der Waals surface area contributed by atoms with Gasteiger partial charge in [-0.25, -0.2) is 15.0 Å². The van der Waals surface area contributed by atoms with Crippen LogP contribution in [0.15, 0.2) is 53.7 Å². The summed E-state index contributed by atoms with van der Waals surface area (Å²) >= 11 is 0. The highest BCUT2D eigenvalue weighted by Gasteiger charge is 2.23. The fourth-order valence-corrected chi connectivity index (χ4v) is 4.81. The van der Waals surface area contributed by atoms with Crippen molar-refractivity contribution in [1.82, 2.24) is 24.4 Å². The van der Waals surface area contributed by atoms with Crippen LogP contribution in [0.25, 0.3) is 11.0 Å². The first kappa shape index (κ1) is 29.1. The summed E-state index contributed by atoms with van der Waals surface area (Å²) in [4.78, 5) is 15.5. The number of benzene rings is 2. The molecule has 0 atom stereocenters. The Labute approximate surface area is 228 Å². The molecule has 38 heavy (non-hydrogen) atoms. The number of rotatable bonds is 11. The highest BCUT2D eigenvalue weighted by molar-refractivity contribution is 7.92. The molecule has 13 heteroatoms. The molecule has 2 aromatic heterocycles. The van der Waals surface area contributed by atoms with Crippen molar-refractivity contribution >= 4 is 50.8 Å². The van der Waals surface area contributed by atoms with Crippen LogP contribution in [0.5, 0.6) is 5.75 Å². The molecule has 0 unspecified atom stereocenters. The van der Waals surface area contributed by atoms with Crippen LogP contribution >= 0.6 is 12.4 Å². The highest BCUT2D eigenvalue weighted by Crippen LogP contribution is 2.31. The number of aromatic nitrogens is 4. The van der Waals surface area contributed by atoms with E-state index in [4.69, 9.17) is 4.74 Å². The standard InChI is InChI=1S/C25H31N7O4S.ClH/c1-31(2)15-22-29-23(16-32(22)3)37(34,35)30-25-24(26-19-9-5-6-10-20(19)27-25)28-21-14-18(36-4)12-11-17(21)8-7-13-33;/h5-6,9-12,14,16,33H,7-8,13,15H2,1-4H3,(H,26,28)(H,27,30);1H. The van der Waals surface area contributed by atoms with Gasteiger partial charge in [0.2, 0.25) is 0 Å².